The van der Waals surface area contributed by atoms with Crippen molar-refractivity contribution in [2.75, 3.05) is 0 Å². The van der Waals surface area contributed by atoms with E-state index >= 15 is 0 Å². The van der Waals surface area contributed by atoms with Gasteiger partial charge in [-0.2, -0.15) is 13.2 Å². The predicted octanol–water partition coefficient (Wildman–Crippen LogP) is 4.60. The van der Waals surface area contributed by atoms with Crippen molar-refractivity contribution in [3.63, 3.8) is 0 Å². The van der Waals surface area contributed by atoms with Crippen LogP contribution in [0, 0.1) is 11.8 Å². The SMILES string of the molecule is CC(C)OC(CC(C)(O)C#Cc1ccc(C(F)(F)F)cc1)(C(=O)O)c1ccccc1. The van der Waals surface area contributed by atoms with Crippen LogP contribution in [0.1, 0.15) is 43.9 Å². The van der Waals surface area contributed by atoms with Gasteiger partial charge in [0.25, 0.3) is 0 Å². The maximum absolute atomic E-state index is 12.7. The van der Waals surface area contributed by atoms with Gasteiger partial charge < -0.3 is 14.9 Å². The molecule has 0 bridgehead atoms. The monoisotopic (exact) mass is 420 g/mol. The van der Waals surface area contributed by atoms with Crippen LogP contribution in [-0.4, -0.2) is 27.9 Å². The van der Waals surface area contributed by atoms with Crippen LogP contribution < -0.4 is 0 Å². The molecule has 2 aromatic carbocycles. The summed E-state index contributed by atoms with van der Waals surface area (Å²) in [5, 5.41) is 20.8. The molecule has 0 fully saturated rings. The molecular formula is C23H23F3O4. The van der Waals surface area contributed by atoms with Gasteiger partial charge in [-0.25, -0.2) is 4.79 Å². The zero-order chi connectivity index (χ0) is 22.6. The number of ether oxygens (including phenoxy) is 1. The number of halogens is 3. The van der Waals surface area contributed by atoms with Gasteiger partial charge in [-0.1, -0.05) is 42.2 Å². The Balaban J connectivity index is 2.38. The minimum absolute atomic E-state index is 0.258. The topological polar surface area (TPSA) is 66.8 Å². The largest absolute Gasteiger partial charge is 0.479 e. The Kier molecular flexibility index (Phi) is 6.96. The van der Waals surface area contributed by atoms with Crippen LogP contribution in [0.2, 0.25) is 0 Å². The summed E-state index contributed by atoms with van der Waals surface area (Å²) >= 11 is 0. The lowest BCUT2D eigenvalue weighted by atomic mass is 9.82. The smallest absolute Gasteiger partial charge is 0.416 e. The van der Waals surface area contributed by atoms with Gasteiger partial charge in [-0.05, 0) is 50.6 Å². The second-order valence-corrected chi connectivity index (χ2v) is 7.44. The van der Waals surface area contributed by atoms with Crippen LogP contribution in [-0.2, 0) is 21.3 Å². The van der Waals surface area contributed by atoms with Gasteiger partial charge in [0.15, 0.2) is 5.60 Å². The first-order valence-corrected chi connectivity index (χ1v) is 9.25. The van der Waals surface area contributed by atoms with Crippen molar-refractivity contribution in [1.29, 1.82) is 0 Å². The number of rotatable bonds is 6. The van der Waals surface area contributed by atoms with E-state index in [9.17, 15) is 28.2 Å². The molecule has 30 heavy (non-hydrogen) atoms. The number of carboxylic acids is 1. The summed E-state index contributed by atoms with van der Waals surface area (Å²) in [6.07, 6.45) is -5.30. The normalized spacial score (nSPS) is 15.6. The minimum Gasteiger partial charge on any atom is -0.479 e. The average Bonchev–Trinajstić information content (AvgIpc) is 2.65. The molecule has 0 saturated heterocycles. The molecule has 0 aliphatic rings. The fourth-order valence-corrected chi connectivity index (χ4v) is 3.05. The van der Waals surface area contributed by atoms with Gasteiger partial charge in [0.05, 0.1) is 11.7 Å². The quantitative estimate of drug-likeness (QED) is 0.670. The second kappa shape index (κ2) is 8.90. The molecule has 0 aliphatic heterocycles. The van der Waals surface area contributed by atoms with Gasteiger partial charge in [0.1, 0.15) is 5.60 Å². The molecule has 0 amide bonds. The third kappa shape index (κ3) is 5.85. The number of hydrogen-bond donors (Lipinski definition) is 2. The van der Waals surface area contributed by atoms with Crippen molar-refractivity contribution in [2.24, 2.45) is 0 Å². The van der Waals surface area contributed by atoms with Gasteiger partial charge in [-0.15, -0.1) is 0 Å². The van der Waals surface area contributed by atoms with E-state index in [2.05, 4.69) is 11.8 Å². The number of aliphatic hydroxyl groups is 1. The molecule has 0 aromatic heterocycles. The van der Waals surface area contributed by atoms with E-state index in [0.29, 0.717) is 5.56 Å². The molecule has 0 aliphatic carbocycles. The fourth-order valence-electron chi connectivity index (χ4n) is 3.05. The van der Waals surface area contributed by atoms with E-state index < -0.39 is 35.0 Å². The standard InChI is InChI=1S/C23H23F3O4/c1-16(2)30-22(20(27)28,18-7-5-4-6-8-18)15-21(3,29)14-13-17-9-11-19(12-10-17)23(24,25)26/h4-12,16,29H,15H2,1-3H3,(H,27,28). The molecule has 2 unspecified atom stereocenters. The summed E-state index contributed by atoms with van der Waals surface area (Å²) < 4.78 is 43.8. The number of carboxylic acid groups (broad SMARTS) is 1. The number of carbonyl (C=O) groups is 1. The lowest BCUT2D eigenvalue weighted by Gasteiger charge is -2.35. The highest BCUT2D eigenvalue weighted by molar-refractivity contribution is 5.80. The first-order chi connectivity index (χ1) is 13.9. The van der Waals surface area contributed by atoms with Crippen LogP contribution in [0.3, 0.4) is 0 Å². The molecule has 7 heteroatoms. The summed E-state index contributed by atoms with van der Waals surface area (Å²) in [4.78, 5) is 12.2. The molecule has 2 N–H and O–H groups in total. The summed E-state index contributed by atoms with van der Waals surface area (Å²) in [6.45, 7) is 4.71. The molecule has 2 aromatic rings. The zero-order valence-electron chi connectivity index (χ0n) is 16.8. The summed E-state index contributed by atoms with van der Waals surface area (Å²) in [6, 6.07) is 12.4. The third-order valence-electron chi connectivity index (χ3n) is 4.30. The van der Waals surface area contributed by atoms with Crippen molar-refractivity contribution in [3.05, 3.63) is 71.3 Å². The lowest BCUT2D eigenvalue weighted by molar-refractivity contribution is -0.182. The second-order valence-electron chi connectivity index (χ2n) is 7.44. The first-order valence-electron chi connectivity index (χ1n) is 9.25. The fraction of sp³-hybridized carbons (Fsp3) is 0.348. The van der Waals surface area contributed by atoms with Crippen molar-refractivity contribution < 1.29 is 32.9 Å². The zero-order valence-corrected chi connectivity index (χ0v) is 16.8. The molecule has 2 atom stereocenters. The van der Waals surface area contributed by atoms with Crippen LogP contribution in [0.15, 0.2) is 54.6 Å². The molecule has 0 heterocycles. The van der Waals surface area contributed by atoms with Crippen molar-refractivity contribution in [2.45, 2.75) is 50.7 Å². The highest BCUT2D eigenvalue weighted by Gasteiger charge is 2.47. The molecule has 2 rings (SSSR count). The average molecular weight is 420 g/mol. The Morgan fingerprint density at radius 2 is 1.60 bits per heavy atom. The van der Waals surface area contributed by atoms with E-state index in [0.717, 1.165) is 12.1 Å². The van der Waals surface area contributed by atoms with E-state index in [1.165, 1.54) is 19.1 Å². The highest BCUT2D eigenvalue weighted by Crippen LogP contribution is 2.36. The molecule has 4 nitrogen and oxygen atoms in total. The van der Waals surface area contributed by atoms with Crippen molar-refractivity contribution in [1.82, 2.24) is 0 Å². The van der Waals surface area contributed by atoms with Gasteiger partial charge in [0, 0.05) is 12.0 Å². The number of benzene rings is 2. The Morgan fingerprint density at radius 3 is 2.07 bits per heavy atom. The molecule has 160 valence electrons. The van der Waals surface area contributed by atoms with Gasteiger partial charge >= 0.3 is 12.1 Å². The predicted molar refractivity (Wildman–Crippen MR) is 106 cm³/mol. The Labute approximate surface area is 173 Å². The Hall–Kier alpha value is -2.82. The van der Waals surface area contributed by atoms with Gasteiger partial charge in [-0.3, -0.25) is 0 Å². The van der Waals surface area contributed by atoms with Crippen molar-refractivity contribution in [3.8, 4) is 11.8 Å². The van der Waals surface area contributed by atoms with Crippen LogP contribution in [0.25, 0.3) is 0 Å². The molecule has 0 radical (unpaired) electrons. The third-order valence-corrected chi connectivity index (χ3v) is 4.30. The number of alkyl halides is 3. The maximum Gasteiger partial charge on any atom is 0.416 e. The Bertz CT molecular complexity index is 923. The summed E-state index contributed by atoms with van der Waals surface area (Å²) in [5.74, 6) is 3.90. The van der Waals surface area contributed by atoms with E-state index in [-0.39, 0.29) is 12.0 Å². The van der Waals surface area contributed by atoms with Gasteiger partial charge in [0.2, 0.25) is 0 Å². The molecular weight excluding hydrogens is 397 g/mol. The van der Waals surface area contributed by atoms with Crippen LogP contribution in [0.5, 0.6) is 0 Å². The summed E-state index contributed by atoms with van der Waals surface area (Å²) in [7, 11) is 0. The summed E-state index contributed by atoms with van der Waals surface area (Å²) in [5.41, 5.74) is -3.85. The molecule has 0 saturated carbocycles. The molecule has 0 spiro atoms. The highest BCUT2D eigenvalue weighted by atomic mass is 19.4. The lowest BCUT2D eigenvalue weighted by Crippen LogP contribution is -2.46. The number of aliphatic carboxylic acids is 1. The minimum atomic E-state index is -4.46. The van der Waals surface area contributed by atoms with Crippen LogP contribution >= 0.6 is 0 Å². The number of hydrogen-bond acceptors (Lipinski definition) is 3. The Morgan fingerprint density at radius 1 is 1.03 bits per heavy atom. The van der Waals surface area contributed by atoms with E-state index in [1.54, 1.807) is 44.2 Å². The van der Waals surface area contributed by atoms with Crippen molar-refractivity contribution >= 4 is 5.97 Å². The van der Waals surface area contributed by atoms with E-state index in [1.807, 2.05) is 0 Å². The van der Waals surface area contributed by atoms with Crippen LogP contribution in [0.4, 0.5) is 13.2 Å². The maximum atomic E-state index is 12.7. The first kappa shape index (κ1) is 23.5. The van der Waals surface area contributed by atoms with E-state index in [4.69, 9.17) is 4.74 Å².